The fourth-order valence-corrected chi connectivity index (χ4v) is 6.51. The van der Waals surface area contributed by atoms with Crippen molar-refractivity contribution >= 4 is 24.4 Å². The van der Waals surface area contributed by atoms with Gasteiger partial charge in [-0.25, -0.2) is 0 Å². The van der Waals surface area contributed by atoms with E-state index in [2.05, 4.69) is 36.4 Å². The average molecular weight is 804 g/mol. The number of phenols is 2. The zero-order valence-corrected chi connectivity index (χ0v) is 32.8. The molecule has 0 saturated heterocycles. The number of aromatic hydroxyl groups is 2. The van der Waals surface area contributed by atoms with Gasteiger partial charge in [0.1, 0.15) is 11.5 Å². The Morgan fingerprint density at radius 1 is 0.491 bits per heavy atom. The Labute approximate surface area is 344 Å². The van der Waals surface area contributed by atoms with Crippen molar-refractivity contribution in [3.8, 4) is 56.0 Å². The van der Waals surface area contributed by atoms with Crippen LogP contribution in [-0.4, -0.2) is 46.7 Å². The van der Waals surface area contributed by atoms with E-state index in [0.717, 1.165) is 95.2 Å². The smallest absolute Gasteiger partial charge is 0.550 e. The number of nitrogens with zero attached hydrogens (tertiary/aromatic N) is 2. The van der Waals surface area contributed by atoms with E-state index >= 15 is 0 Å². The number of aliphatic imine (C=N–C) groups is 2. The Morgan fingerprint density at radius 2 is 0.754 bits per heavy atom. The molecule has 0 amide bonds. The predicted octanol–water partition coefficient (Wildman–Crippen LogP) is 8.12. The zero-order valence-electron chi connectivity index (χ0n) is 31.7. The van der Waals surface area contributed by atoms with E-state index < -0.39 is 11.9 Å². The van der Waals surface area contributed by atoms with Crippen LogP contribution >= 0.6 is 0 Å². The van der Waals surface area contributed by atoms with Crippen molar-refractivity contribution in [2.45, 2.75) is 51.6 Å². The van der Waals surface area contributed by atoms with Crippen LogP contribution in [0.15, 0.2) is 156 Å². The fraction of sp³-hybridized carbons (Fsp3) is 0.167. The van der Waals surface area contributed by atoms with Crippen LogP contribution < -0.4 is 10.2 Å². The Morgan fingerprint density at radius 3 is 1.04 bits per heavy atom. The molecule has 1 saturated carbocycles. The summed E-state index contributed by atoms with van der Waals surface area (Å²) >= 11 is 0. The number of carbonyl (C=O) groups excluding carboxylic acids is 2. The molecule has 1 radical (unpaired) electrons. The summed E-state index contributed by atoms with van der Waals surface area (Å²) in [5.74, 6) is -1.68. The van der Waals surface area contributed by atoms with Crippen molar-refractivity contribution < 1.29 is 46.8 Å². The molecule has 1 fully saturated rings. The van der Waals surface area contributed by atoms with Crippen molar-refractivity contribution in [3.63, 3.8) is 0 Å². The molecular formula is C48H44CoN2O6. The molecule has 8 nitrogen and oxygen atoms in total. The third-order valence-corrected chi connectivity index (χ3v) is 9.18. The van der Waals surface area contributed by atoms with Gasteiger partial charge in [0.2, 0.25) is 0 Å². The number of benzene rings is 6. The van der Waals surface area contributed by atoms with Crippen LogP contribution in [0.5, 0.6) is 11.5 Å². The van der Waals surface area contributed by atoms with E-state index in [1.54, 1.807) is 0 Å². The van der Waals surface area contributed by atoms with E-state index in [1.807, 2.05) is 122 Å². The van der Waals surface area contributed by atoms with E-state index in [1.165, 1.54) is 0 Å². The second-order valence-corrected chi connectivity index (χ2v) is 13.4. The van der Waals surface area contributed by atoms with Gasteiger partial charge in [-0.3, -0.25) is 9.98 Å². The van der Waals surface area contributed by atoms with Crippen LogP contribution in [0.4, 0.5) is 0 Å². The maximum atomic E-state index is 11.3. The number of carbonyl (C=O) groups is 2. The molecule has 1 aliphatic carbocycles. The molecule has 0 unspecified atom stereocenters. The molecule has 6 aromatic rings. The number of phenolic OH excluding ortho intramolecular Hbond substituents is 2. The minimum atomic E-state index is -1.08. The Balaban J connectivity index is 0.000000734. The normalized spacial score (nSPS) is 14.7. The second-order valence-electron chi connectivity index (χ2n) is 13.4. The topological polar surface area (TPSA) is 145 Å². The van der Waals surface area contributed by atoms with Crippen LogP contribution in [0.2, 0.25) is 0 Å². The molecule has 0 bridgehead atoms. The first kappa shape index (κ1) is 43.4. The molecule has 0 spiro atoms. The van der Waals surface area contributed by atoms with Gasteiger partial charge in [-0.1, -0.05) is 121 Å². The van der Waals surface area contributed by atoms with Gasteiger partial charge in [-0.2, -0.15) is 0 Å². The largest absolute Gasteiger partial charge is 2.00 e. The standard InChI is InChI=1S/C44H38N2O2.2C2H4O2.Co/c47-43-37(25-35(31-13-5-1-6-14-31)27-41(43)33-17-9-3-10-18-33)29-45-39-21-23-40(24-22-39)46-30-38-26-36(32-15-7-2-8-16-32)28-42(44(38)48)34-19-11-4-12-20-34;2*1-2(3)4;/h1-20,25-30,39-40,47-48H,21-24H2;2*1H3,(H,3,4);/q;;;+2/p-2. The molecule has 57 heavy (non-hydrogen) atoms. The molecule has 0 heterocycles. The van der Waals surface area contributed by atoms with Crippen LogP contribution in [-0.2, 0) is 26.4 Å². The van der Waals surface area contributed by atoms with Gasteiger partial charge in [0, 0.05) is 46.6 Å². The Bertz CT molecular complexity index is 2090. The first-order valence-electron chi connectivity index (χ1n) is 18.5. The third-order valence-electron chi connectivity index (χ3n) is 9.18. The number of aliphatic carboxylic acids is 2. The molecule has 2 N–H and O–H groups in total. The molecule has 7 rings (SSSR count). The summed E-state index contributed by atoms with van der Waals surface area (Å²) < 4.78 is 0. The summed E-state index contributed by atoms with van der Waals surface area (Å²) in [7, 11) is 0. The van der Waals surface area contributed by atoms with Gasteiger partial charge in [0.05, 0.1) is 12.1 Å². The summed E-state index contributed by atoms with van der Waals surface area (Å²) in [5.41, 5.74) is 9.25. The maximum absolute atomic E-state index is 11.3. The van der Waals surface area contributed by atoms with Gasteiger partial charge in [-0.05, 0) is 97.2 Å². The summed E-state index contributed by atoms with van der Waals surface area (Å²) in [4.78, 5) is 27.7. The molecule has 0 aliphatic heterocycles. The molecular weight excluding hydrogens is 759 g/mol. The van der Waals surface area contributed by atoms with Crippen molar-refractivity contribution in [3.05, 3.63) is 157 Å². The van der Waals surface area contributed by atoms with Crippen LogP contribution in [0, 0.1) is 0 Å². The van der Waals surface area contributed by atoms with Gasteiger partial charge in [0.25, 0.3) is 0 Å². The van der Waals surface area contributed by atoms with Gasteiger partial charge in [-0.15, -0.1) is 0 Å². The van der Waals surface area contributed by atoms with Crippen molar-refractivity contribution in [2.24, 2.45) is 9.98 Å². The van der Waals surface area contributed by atoms with Crippen molar-refractivity contribution in [2.75, 3.05) is 0 Å². The monoisotopic (exact) mass is 803 g/mol. The van der Waals surface area contributed by atoms with E-state index in [-0.39, 0.29) is 40.4 Å². The number of hydrogen-bond acceptors (Lipinski definition) is 8. The minimum absolute atomic E-state index is 0. The van der Waals surface area contributed by atoms with Gasteiger partial charge in [0.15, 0.2) is 0 Å². The van der Waals surface area contributed by atoms with E-state index in [0.29, 0.717) is 0 Å². The SMILES string of the molecule is CC(=O)[O-].CC(=O)[O-].Oc1c(C=NC2CCC(N=Cc3cc(-c4ccccc4)cc(-c4ccccc4)c3O)CC2)cc(-c2ccccc2)cc1-c1ccccc1.[Co+2]. The first-order valence-corrected chi connectivity index (χ1v) is 18.5. The van der Waals surface area contributed by atoms with Crippen molar-refractivity contribution in [1.82, 2.24) is 0 Å². The molecule has 6 aromatic carbocycles. The van der Waals surface area contributed by atoms with Crippen LogP contribution in [0.25, 0.3) is 44.5 Å². The quantitative estimate of drug-likeness (QED) is 0.149. The molecule has 0 aromatic heterocycles. The third kappa shape index (κ3) is 12.9. The van der Waals surface area contributed by atoms with Crippen LogP contribution in [0.3, 0.4) is 0 Å². The fourth-order valence-electron chi connectivity index (χ4n) is 6.51. The molecule has 1 aliphatic rings. The molecule has 9 heteroatoms. The van der Waals surface area contributed by atoms with E-state index in [9.17, 15) is 10.2 Å². The predicted molar refractivity (Wildman–Crippen MR) is 221 cm³/mol. The Kier molecular flexibility index (Phi) is 16.5. The maximum Gasteiger partial charge on any atom is 2.00 e. The summed E-state index contributed by atoms with van der Waals surface area (Å²) in [6.45, 7) is 1.94. The van der Waals surface area contributed by atoms with Gasteiger partial charge >= 0.3 is 16.8 Å². The summed E-state index contributed by atoms with van der Waals surface area (Å²) in [6, 6.07) is 49.0. The van der Waals surface area contributed by atoms with Gasteiger partial charge < -0.3 is 30.0 Å². The zero-order chi connectivity index (χ0) is 39.9. The van der Waals surface area contributed by atoms with Crippen LogP contribution in [0.1, 0.15) is 50.7 Å². The van der Waals surface area contributed by atoms with Crippen molar-refractivity contribution in [1.29, 1.82) is 0 Å². The first-order chi connectivity index (χ1) is 27.1. The summed E-state index contributed by atoms with van der Waals surface area (Å²) in [5, 5.41) is 40.5. The number of carboxylic acid groups (broad SMARTS) is 2. The number of hydrogen-bond donors (Lipinski definition) is 2. The minimum Gasteiger partial charge on any atom is -0.550 e. The summed E-state index contributed by atoms with van der Waals surface area (Å²) in [6.07, 6.45) is 7.34. The number of carboxylic acids is 2. The Hall–Kier alpha value is -6.29. The molecule has 291 valence electrons. The average Bonchev–Trinajstić information content (AvgIpc) is 3.21. The molecule has 0 atom stereocenters. The number of rotatable bonds is 8. The van der Waals surface area contributed by atoms with E-state index in [4.69, 9.17) is 29.8 Å². The second kappa shape index (κ2) is 21.7.